The van der Waals surface area contributed by atoms with Gasteiger partial charge in [0.25, 0.3) is 0 Å². The topological polar surface area (TPSA) is 79.0 Å². The molecule has 3 amide bonds. The van der Waals surface area contributed by atoms with Gasteiger partial charge < -0.3 is 19.9 Å². The van der Waals surface area contributed by atoms with Crippen molar-refractivity contribution in [1.29, 1.82) is 0 Å². The molecule has 7 heteroatoms. The summed E-state index contributed by atoms with van der Waals surface area (Å²) in [4.78, 5) is 39.8. The predicted molar refractivity (Wildman–Crippen MR) is 97.8 cm³/mol. The highest BCUT2D eigenvalue weighted by Gasteiger charge is 2.38. The maximum absolute atomic E-state index is 12.8. The zero-order chi connectivity index (χ0) is 18.8. The first-order valence-electron chi connectivity index (χ1n) is 8.95. The zero-order valence-electron chi connectivity index (χ0n) is 15.4. The van der Waals surface area contributed by atoms with Crippen LogP contribution in [0, 0.1) is 5.92 Å². The first-order valence-corrected chi connectivity index (χ1v) is 8.95. The molecule has 140 valence electrons. The van der Waals surface area contributed by atoms with Gasteiger partial charge in [-0.1, -0.05) is 0 Å². The van der Waals surface area contributed by atoms with Gasteiger partial charge in [-0.2, -0.15) is 0 Å². The van der Waals surface area contributed by atoms with Gasteiger partial charge in [-0.25, -0.2) is 0 Å². The average molecular weight is 359 g/mol. The maximum atomic E-state index is 12.8. The third kappa shape index (κ3) is 4.04. The molecule has 2 aliphatic heterocycles. The van der Waals surface area contributed by atoms with Crippen LogP contribution in [0.15, 0.2) is 24.3 Å². The molecule has 3 rings (SSSR count). The average Bonchev–Trinajstić information content (AvgIpc) is 2.95. The quantitative estimate of drug-likeness (QED) is 0.890. The van der Waals surface area contributed by atoms with Gasteiger partial charge in [0.05, 0.1) is 18.1 Å². The van der Waals surface area contributed by atoms with E-state index in [-0.39, 0.29) is 42.3 Å². The molecule has 2 heterocycles. The van der Waals surface area contributed by atoms with E-state index in [2.05, 4.69) is 5.32 Å². The van der Waals surface area contributed by atoms with Crippen molar-refractivity contribution in [2.45, 2.75) is 39.4 Å². The highest BCUT2D eigenvalue weighted by molar-refractivity contribution is 6.00. The molecule has 1 aromatic rings. The standard InChI is InChI=1S/C19H25N3O4/c1-12-9-21(10-13(2)26-12)19(25)15-8-18(24)22(11-15)17-6-4-16(5-7-17)20-14(3)23/h4-7,12-13,15H,8-11H2,1-3H3,(H,20,23)/t12-,13-,15+/m0/s1. The number of hydrogen-bond donors (Lipinski definition) is 1. The van der Waals surface area contributed by atoms with E-state index in [1.54, 1.807) is 29.2 Å². The number of carbonyl (C=O) groups excluding carboxylic acids is 3. The fraction of sp³-hybridized carbons (Fsp3) is 0.526. The first-order chi connectivity index (χ1) is 12.3. The number of nitrogens with zero attached hydrogens (tertiary/aromatic N) is 2. The van der Waals surface area contributed by atoms with Crippen molar-refractivity contribution < 1.29 is 19.1 Å². The Morgan fingerprint density at radius 2 is 1.69 bits per heavy atom. The second-order valence-electron chi connectivity index (χ2n) is 7.13. The van der Waals surface area contributed by atoms with Crippen molar-refractivity contribution in [3.8, 4) is 0 Å². The summed E-state index contributed by atoms with van der Waals surface area (Å²) < 4.78 is 5.68. The number of benzene rings is 1. The van der Waals surface area contributed by atoms with Crippen LogP contribution >= 0.6 is 0 Å². The Morgan fingerprint density at radius 3 is 2.27 bits per heavy atom. The van der Waals surface area contributed by atoms with Crippen LogP contribution in [-0.4, -0.2) is 54.5 Å². The van der Waals surface area contributed by atoms with Crippen molar-refractivity contribution in [2.24, 2.45) is 5.92 Å². The number of hydrogen-bond acceptors (Lipinski definition) is 4. The number of carbonyl (C=O) groups is 3. The molecule has 0 saturated carbocycles. The van der Waals surface area contributed by atoms with E-state index in [0.29, 0.717) is 25.3 Å². The van der Waals surface area contributed by atoms with E-state index in [4.69, 9.17) is 4.74 Å². The van der Waals surface area contributed by atoms with E-state index < -0.39 is 0 Å². The second kappa shape index (κ2) is 7.45. The zero-order valence-corrected chi connectivity index (χ0v) is 15.4. The Morgan fingerprint density at radius 1 is 1.08 bits per heavy atom. The summed E-state index contributed by atoms with van der Waals surface area (Å²) >= 11 is 0. The van der Waals surface area contributed by atoms with Crippen LogP contribution in [0.1, 0.15) is 27.2 Å². The third-order valence-corrected chi connectivity index (χ3v) is 4.70. The van der Waals surface area contributed by atoms with Crippen LogP contribution in [0.2, 0.25) is 0 Å². The summed E-state index contributed by atoms with van der Waals surface area (Å²) in [5, 5.41) is 2.70. The van der Waals surface area contributed by atoms with Gasteiger partial charge in [-0.3, -0.25) is 14.4 Å². The Balaban J connectivity index is 1.66. The minimum absolute atomic E-state index is 0.0113. The molecule has 2 aliphatic rings. The molecule has 2 saturated heterocycles. The normalized spacial score (nSPS) is 26.1. The van der Waals surface area contributed by atoms with Gasteiger partial charge in [0.1, 0.15) is 0 Å². The SMILES string of the molecule is CC(=O)Nc1ccc(N2C[C@H](C(=O)N3C[C@H](C)O[C@@H](C)C3)CC2=O)cc1. The first kappa shape index (κ1) is 18.4. The molecule has 3 atom stereocenters. The highest BCUT2D eigenvalue weighted by Crippen LogP contribution is 2.28. The van der Waals surface area contributed by atoms with Gasteiger partial charge in [0, 0.05) is 44.4 Å². The molecule has 0 radical (unpaired) electrons. The van der Waals surface area contributed by atoms with Crippen LogP contribution in [0.25, 0.3) is 0 Å². The van der Waals surface area contributed by atoms with Crippen LogP contribution in [0.5, 0.6) is 0 Å². The van der Waals surface area contributed by atoms with E-state index in [1.165, 1.54) is 6.92 Å². The molecule has 0 bridgehead atoms. The molecule has 7 nitrogen and oxygen atoms in total. The van der Waals surface area contributed by atoms with Crippen LogP contribution < -0.4 is 10.2 Å². The number of anilines is 2. The number of morpholine rings is 1. The van der Waals surface area contributed by atoms with Crippen molar-refractivity contribution in [3.05, 3.63) is 24.3 Å². The number of nitrogens with one attached hydrogen (secondary N) is 1. The van der Waals surface area contributed by atoms with Gasteiger partial charge >= 0.3 is 0 Å². The molecule has 1 aromatic carbocycles. The van der Waals surface area contributed by atoms with Crippen molar-refractivity contribution >= 4 is 29.1 Å². The third-order valence-electron chi connectivity index (χ3n) is 4.70. The van der Waals surface area contributed by atoms with Gasteiger partial charge in [-0.05, 0) is 38.1 Å². The minimum Gasteiger partial charge on any atom is -0.372 e. The number of amides is 3. The van der Waals surface area contributed by atoms with Crippen molar-refractivity contribution in [3.63, 3.8) is 0 Å². The number of rotatable bonds is 3. The Kier molecular flexibility index (Phi) is 5.27. The lowest BCUT2D eigenvalue weighted by Gasteiger charge is -2.36. The summed E-state index contributed by atoms with van der Waals surface area (Å²) in [6, 6.07) is 7.08. The Labute approximate surface area is 153 Å². The molecule has 26 heavy (non-hydrogen) atoms. The fourth-order valence-electron chi connectivity index (χ4n) is 3.67. The Bertz CT molecular complexity index is 693. The molecule has 1 N–H and O–H groups in total. The van der Waals surface area contributed by atoms with E-state index in [0.717, 1.165) is 5.69 Å². The monoisotopic (exact) mass is 359 g/mol. The summed E-state index contributed by atoms with van der Waals surface area (Å²) in [7, 11) is 0. The summed E-state index contributed by atoms with van der Waals surface area (Å²) in [6.45, 7) is 6.88. The smallest absolute Gasteiger partial charge is 0.228 e. The minimum atomic E-state index is -0.324. The van der Waals surface area contributed by atoms with Crippen molar-refractivity contribution in [1.82, 2.24) is 4.90 Å². The van der Waals surface area contributed by atoms with Crippen LogP contribution in [0.3, 0.4) is 0 Å². The molecular formula is C19H25N3O4. The van der Waals surface area contributed by atoms with Gasteiger partial charge in [0.15, 0.2) is 0 Å². The van der Waals surface area contributed by atoms with E-state index in [1.807, 2.05) is 18.7 Å². The highest BCUT2D eigenvalue weighted by atomic mass is 16.5. The molecule has 2 fully saturated rings. The lowest BCUT2D eigenvalue weighted by molar-refractivity contribution is -0.147. The summed E-state index contributed by atoms with van der Waals surface area (Å²) in [5.74, 6) is -0.493. The molecular weight excluding hydrogens is 334 g/mol. The Hall–Kier alpha value is -2.41. The lowest BCUT2D eigenvalue weighted by Crippen LogP contribution is -2.50. The van der Waals surface area contributed by atoms with E-state index in [9.17, 15) is 14.4 Å². The molecule has 0 aliphatic carbocycles. The summed E-state index contributed by atoms with van der Waals surface area (Å²) in [5.41, 5.74) is 1.42. The van der Waals surface area contributed by atoms with E-state index >= 15 is 0 Å². The maximum Gasteiger partial charge on any atom is 0.228 e. The number of ether oxygens (including phenoxy) is 1. The van der Waals surface area contributed by atoms with Crippen LogP contribution in [-0.2, 0) is 19.1 Å². The largest absolute Gasteiger partial charge is 0.372 e. The lowest BCUT2D eigenvalue weighted by atomic mass is 10.1. The molecule has 0 aromatic heterocycles. The predicted octanol–water partition coefficient (Wildman–Crippen LogP) is 1.63. The van der Waals surface area contributed by atoms with Gasteiger partial charge in [0.2, 0.25) is 17.7 Å². The summed E-state index contributed by atoms with van der Waals surface area (Å²) in [6.07, 6.45) is 0.251. The van der Waals surface area contributed by atoms with Crippen molar-refractivity contribution in [2.75, 3.05) is 29.9 Å². The molecule has 0 unspecified atom stereocenters. The second-order valence-corrected chi connectivity index (χ2v) is 7.13. The fourth-order valence-corrected chi connectivity index (χ4v) is 3.67. The molecule has 0 spiro atoms. The van der Waals surface area contributed by atoms with Crippen LogP contribution in [0.4, 0.5) is 11.4 Å². The van der Waals surface area contributed by atoms with Gasteiger partial charge in [-0.15, -0.1) is 0 Å².